The molecule has 1 N–H and O–H groups in total. The molecule has 0 atom stereocenters. The minimum atomic E-state index is 0.328. The fourth-order valence-electron chi connectivity index (χ4n) is 2.51. The van der Waals surface area contributed by atoms with Crippen molar-refractivity contribution in [3.63, 3.8) is 0 Å². The van der Waals surface area contributed by atoms with Crippen LogP contribution in [0.4, 0.5) is 0 Å². The number of H-pyrrole nitrogens is 1. The quantitative estimate of drug-likeness (QED) is 0.670. The molecular formula is C19H20N2O3. The van der Waals surface area contributed by atoms with E-state index in [4.69, 9.17) is 14.2 Å². The van der Waals surface area contributed by atoms with E-state index in [1.165, 1.54) is 0 Å². The Morgan fingerprint density at radius 1 is 1.08 bits per heavy atom. The Morgan fingerprint density at radius 3 is 2.71 bits per heavy atom. The molecule has 0 bridgehead atoms. The monoisotopic (exact) mass is 324 g/mol. The summed E-state index contributed by atoms with van der Waals surface area (Å²) in [6, 6.07) is 11.6. The molecule has 3 rings (SSSR count). The van der Waals surface area contributed by atoms with Gasteiger partial charge in [-0.2, -0.15) is 0 Å². The van der Waals surface area contributed by atoms with Gasteiger partial charge in [0, 0.05) is 6.07 Å². The summed E-state index contributed by atoms with van der Waals surface area (Å²) in [7, 11) is 3.28. The summed E-state index contributed by atoms with van der Waals surface area (Å²) in [5, 5.41) is 0. The lowest BCUT2D eigenvalue weighted by Gasteiger charge is -2.10. The van der Waals surface area contributed by atoms with Crippen LogP contribution in [0, 0.1) is 0 Å². The van der Waals surface area contributed by atoms with E-state index in [9.17, 15) is 0 Å². The van der Waals surface area contributed by atoms with Crippen molar-refractivity contribution in [1.82, 2.24) is 9.97 Å². The van der Waals surface area contributed by atoms with Crippen molar-refractivity contribution >= 4 is 11.0 Å². The number of methoxy groups -OCH3 is 2. The zero-order chi connectivity index (χ0) is 16.9. The van der Waals surface area contributed by atoms with Crippen LogP contribution in [0.5, 0.6) is 17.2 Å². The van der Waals surface area contributed by atoms with Crippen LogP contribution in [-0.2, 0) is 13.0 Å². The highest BCUT2D eigenvalue weighted by Gasteiger charge is 2.08. The lowest BCUT2D eigenvalue weighted by atomic mass is 10.1. The van der Waals surface area contributed by atoms with Crippen molar-refractivity contribution in [2.24, 2.45) is 0 Å². The summed E-state index contributed by atoms with van der Waals surface area (Å²) in [5.41, 5.74) is 2.92. The number of nitrogens with zero attached hydrogens (tertiary/aromatic N) is 1. The van der Waals surface area contributed by atoms with Gasteiger partial charge in [-0.05, 0) is 36.2 Å². The number of aromatic amines is 1. The highest BCUT2D eigenvalue weighted by molar-refractivity contribution is 5.76. The van der Waals surface area contributed by atoms with Crippen molar-refractivity contribution < 1.29 is 14.2 Å². The molecule has 2 aromatic carbocycles. The minimum Gasteiger partial charge on any atom is -0.497 e. The van der Waals surface area contributed by atoms with Gasteiger partial charge in [-0.25, -0.2) is 4.98 Å². The van der Waals surface area contributed by atoms with Crippen molar-refractivity contribution in [3.8, 4) is 17.2 Å². The molecule has 0 amide bonds. The summed E-state index contributed by atoms with van der Waals surface area (Å²) in [6.45, 7) is 4.08. The summed E-state index contributed by atoms with van der Waals surface area (Å²) in [5.74, 6) is 2.92. The van der Waals surface area contributed by atoms with Crippen molar-refractivity contribution in [3.05, 3.63) is 60.4 Å². The lowest BCUT2D eigenvalue weighted by Crippen LogP contribution is -2.00. The van der Waals surface area contributed by atoms with Crippen LogP contribution in [0.2, 0.25) is 0 Å². The summed E-state index contributed by atoms with van der Waals surface area (Å²) < 4.78 is 16.5. The fraction of sp³-hybridized carbons (Fsp3) is 0.211. The maximum Gasteiger partial charge on any atom is 0.161 e. The van der Waals surface area contributed by atoms with Gasteiger partial charge in [0.15, 0.2) is 11.5 Å². The second-order valence-corrected chi connectivity index (χ2v) is 5.33. The van der Waals surface area contributed by atoms with E-state index in [1.807, 2.05) is 42.5 Å². The molecule has 0 aliphatic rings. The standard InChI is InChI=1S/C19H20N2O3/c1-4-5-13-6-9-17(18(10-13)23-3)24-12-19-20-15-8-7-14(22-2)11-16(15)21-19/h4,6-11H,1,5,12H2,2-3H3,(H,20,21). The van der Waals surface area contributed by atoms with Crippen LogP contribution in [0.1, 0.15) is 11.4 Å². The first-order chi connectivity index (χ1) is 11.7. The second kappa shape index (κ2) is 7.08. The summed E-state index contributed by atoms with van der Waals surface area (Å²) in [4.78, 5) is 7.75. The van der Waals surface area contributed by atoms with E-state index in [0.717, 1.165) is 34.6 Å². The number of hydrogen-bond donors (Lipinski definition) is 1. The van der Waals surface area contributed by atoms with Gasteiger partial charge in [0.25, 0.3) is 0 Å². The van der Waals surface area contributed by atoms with Crippen LogP contribution in [0.25, 0.3) is 11.0 Å². The highest BCUT2D eigenvalue weighted by atomic mass is 16.5. The highest BCUT2D eigenvalue weighted by Crippen LogP contribution is 2.29. The molecule has 24 heavy (non-hydrogen) atoms. The smallest absolute Gasteiger partial charge is 0.161 e. The third kappa shape index (κ3) is 3.35. The van der Waals surface area contributed by atoms with Crippen LogP contribution < -0.4 is 14.2 Å². The number of allylic oxidation sites excluding steroid dienone is 1. The SMILES string of the molecule is C=CCc1ccc(OCc2nc3ccc(OC)cc3[nH]2)c(OC)c1. The van der Waals surface area contributed by atoms with E-state index in [1.54, 1.807) is 14.2 Å². The van der Waals surface area contributed by atoms with Crippen LogP contribution in [0.15, 0.2) is 49.1 Å². The van der Waals surface area contributed by atoms with E-state index in [0.29, 0.717) is 18.1 Å². The predicted octanol–water partition coefficient (Wildman–Crippen LogP) is 3.89. The van der Waals surface area contributed by atoms with E-state index in [-0.39, 0.29) is 0 Å². The number of fused-ring (bicyclic) bond motifs is 1. The first kappa shape index (κ1) is 15.9. The number of nitrogens with one attached hydrogen (secondary N) is 1. The normalized spacial score (nSPS) is 10.6. The molecule has 1 heterocycles. The van der Waals surface area contributed by atoms with Crippen molar-refractivity contribution in [1.29, 1.82) is 0 Å². The average Bonchev–Trinajstić information content (AvgIpc) is 3.02. The Hall–Kier alpha value is -2.95. The molecular weight excluding hydrogens is 304 g/mol. The number of hydrogen-bond acceptors (Lipinski definition) is 4. The Morgan fingerprint density at radius 2 is 1.96 bits per heavy atom. The predicted molar refractivity (Wildman–Crippen MR) is 93.9 cm³/mol. The lowest BCUT2D eigenvalue weighted by molar-refractivity contribution is 0.277. The molecule has 1 aromatic heterocycles. The molecule has 0 saturated heterocycles. The molecule has 0 fully saturated rings. The molecule has 5 nitrogen and oxygen atoms in total. The molecule has 0 saturated carbocycles. The van der Waals surface area contributed by atoms with Crippen molar-refractivity contribution in [2.75, 3.05) is 14.2 Å². The Labute approximate surface area is 140 Å². The van der Waals surface area contributed by atoms with E-state index >= 15 is 0 Å². The molecule has 0 spiro atoms. The average molecular weight is 324 g/mol. The first-order valence-corrected chi connectivity index (χ1v) is 7.66. The van der Waals surface area contributed by atoms with Gasteiger partial charge in [-0.1, -0.05) is 12.1 Å². The molecule has 0 aliphatic heterocycles. The number of ether oxygens (including phenoxy) is 3. The fourth-order valence-corrected chi connectivity index (χ4v) is 2.51. The van der Waals surface area contributed by atoms with Gasteiger partial charge in [0.2, 0.25) is 0 Å². The van der Waals surface area contributed by atoms with E-state index in [2.05, 4.69) is 16.5 Å². The second-order valence-electron chi connectivity index (χ2n) is 5.33. The van der Waals surface area contributed by atoms with Crippen molar-refractivity contribution in [2.45, 2.75) is 13.0 Å². The molecule has 0 unspecified atom stereocenters. The number of benzene rings is 2. The molecule has 0 radical (unpaired) electrons. The Bertz CT molecular complexity index is 855. The third-order valence-corrected chi connectivity index (χ3v) is 3.71. The minimum absolute atomic E-state index is 0.328. The van der Waals surface area contributed by atoms with Gasteiger partial charge < -0.3 is 19.2 Å². The Balaban J connectivity index is 1.76. The van der Waals surface area contributed by atoms with Gasteiger partial charge in [-0.3, -0.25) is 0 Å². The van der Waals surface area contributed by atoms with E-state index < -0.39 is 0 Å². The van der Waals surface area contributed by atoms with Gasteiger partial charge >= 0.3 is 0 Å². The maximum atomic E-state index is 5.86. The first-order valence-electron chi connectivity index (χ1n) is 7.66. The number of imidazole rings is 1. The van der Waals surface area contributed by atoms with Gasteiger partial charge in [-0.15, -0.1) is 6.58 Å². The molecule has 0 aliphatic carbocycles. The number of aromatic nitrogens is 2. The molecule has 124 valence electrons. The third-order valence-electron chi connectivity index (χ3n) is 3.71. The molecule has 3 aromatic rings. The van der Waals surface area contributed by atoms with Gasteiger partial charge in [0.1, 0.15) is 18.2 Å². The molecule has 5 heteroatoms. The zero-order valence-corrected chi connectivity index (χ0v) is 13.8. The summed E-state index contributed by atoms with van der Waals surface area (Å²) >= 11 is 0. The van der Waals surface area contributed by atoms with Crippen LogP contribution >= 0.6 is 0 Å². The van der Waals surface area contributed by atoms with Gasteiger partial charge in [0.05, 0.1) is 25.3 Å². The maximum absolute atomic E-state index is 5.86. The zero-order valence-electron chi connectivity index (χ0n) is 13.8. The van der Waals surface area contributed by atoms with Crippen LogP contribution in [-0.4, -0.2) is 24.2 Å². The Kier molecular flexibility index (Phi) is 4.70. The summed E-state index contributed by atoms with van der Waals surface area (Å²) in [6.07, 6.45) is 2.65. The largest absolute Gasteiger partial charge is 0.497 e. The number of rotatable bonds is 7. The topological polar surface area (TPSA) is 56.4 Å². The van der Waals surface area contributed by atoms with Crippen LogP contribution in [0.3, 0.4) is 0 Å².